The fourth-order valence-electron chi connectivity index (χ4n) is 2.81. The molecule has 0 spiro atoms. The van der Waals surface area contributed by atoms with E-state index in [-0.39, 0.29) is 0 Å². The van der Waals surface area contributed by atoms with Crippen LogP contribution >= 0.6 is 23.2 Å². The van der Waals surface area contributed by atoms with Crippen molar-refractivity contribution in [3.63, 3.8) is 0 Å². The minimum Gasteiger partial charge on any atom is -0.219 e. The fourth-order valence-corrected chi connectivity index (χ4v) is 3.28. The van der Waals surface area contributed by atoms with E-state index in [1.807, 2.05) is 15.5 Å². The Kier molecular flexibility index (Phi) is 4.70. The Hall–Kier alpha value is -1.51. The summed E-state index contributed by atoms with van der Waals surface area (Å²) in [7, 11) is 0. The quantitative estimate of drug-likeness (QED) is 0.588. The number of benzene rings is 2. The first-order chi connectivity index (χ1) is 10.7. The van der Waals surface area contributed by atoms with Crippen molar-refractivity contribution in [2.45, 2.75) is 32.9 Å². The molecule has 0 saturated heterocycles. The number of hydrogen-bond donors (Lipinski definition) is 0. The third kappa shape index (κ3) is 2.99. The maximum Gasteiger partial charge on any atom is 0.255 e. The molecule has 0 N–H and O–H groups in total. The molecular weight excluding hydrogens is 315 g/mol. The van der Waals surface area contributed by atoms with Gasteiger partial charge in [0.25, 0.3) is 10.3 Å². The van der Waals surface area contributed by atoms with Crippen molar-refractivity contribution in [1.29, 1.82) is 0 Å². The highest BCUT2D eigenvalue weighted by Crippen LogP contribution is 2.22. The van der Waals surface area contributed by atoms with Crippen molar-refractivity contribution >= 4 is 34.0 Å². The smallest absolute Gasteiger partial charge is 0.219 e. The summed E-state index contributed by atoms with van der Waals surface area (Å²) >= 11 is 12.6. The fraction of sp³-hybridized carbons (Fsp3) is 0.278. The molecule has 0 bridgehead atoms. The van der Waals surface area contributed by atoms with Gasteiger partial charge in [-0.15, -0.1) is 0 Å². The van der Waals surface area contributed by atoms with Gasteiger partial charge < -0.3 is 0 Å². The molecule has 0 amide bonds. The Bertz CT molecular complexity index is 788. The topological polar surface area (TPSA) is 8.81 Å². The van der Waals surface area contributed by atoms with Gasteiger partial charge in [-0.1, -0.05) is 49.4 Å². The van der Waals surface area contributed by atoms with Crippen LogP contribution in [0.2, 0.25) is 10.3 Å². The van der Waals surface area contributed by atoms with Gasteiger partial charge in [-0.05, 0) is 46.0 Å². The van der Waals surface area contributed by atoms with Gasteiger partial charge in [0.15, 0.2) is 0 Å². The van der Waals surface area contributed by atoms with Crippen LogP contribution in [0.4, 0.5) is 0 Å². The Labute approximate surface area is 140 Å². The standard InChI is InChI=1S/C18H19Cl2N2/c1-2-11-21-13-22(18(20)17(21)19)12-10-15-8-5-7-14-6-3-4-9-16(14)15/h3-9,13H,2,10-12H2,1H3/q+1. The molecule has 0 saturated carbocycles. The van der Waals surface area contributed by atoms with E-state index in [2.05, 4.69) is 49.4 Å². The summed E-state index contributed by atoms with van der Waals surface area (Å²) in [6.07, 6.45) is 3.98. The first-order valence-corrected chi connectivity index (χ1v) is 8.36. The number of fused-ring (bicyclic) bond motifs is 1. The molecule has 114 valence electrons. The molecule has 1 heterocycles. The predicted octanol–water partition coefficient (Wildman–Crippen LogP) is 4.89. The Balaban J connectivity index is 1.84. The van der Waals surface area contributed by atoms with E-state index in [1.165, 1.54) is 16.3 Å². The van der Waals surface area contributed by atoms with Gasteiger partial charge in [0, 0.05) is 6.42 Å². The third-order valence-electron chi connectivity index (χ3n) is 3.92. The molecule has 2 nitrogen and oxygen atoms in total. The zero-order valence-corrected chi connectivity index (χ0v) is 14.1. The van der Waals surface area contributed by atoms with Gasteiger partial charge in [-0.2, -0.15) is 0 Å². The summed E-state index contributed by atoms with van der Waals surface area (Å²) in [6, 6.07) is 14.9. The number of rotatable bonds is 5. The van der Waals surface area contributed by atoms with Crippen molar-refractivity contribution in [1.82, 2.24) is 4.57 Å². The van der Waals surface area contributed by atoms with E-state index >= 15 is 0 Å². The number of aryl methyl sites for hydroxylation is 3. The van der Waals surface area contributed by atoms with Gasteiger partial charge in [0.05, 0.1) is 13.1 Å². The zero-order chi connectivity index (χ0) is 15.5. The molecule has 0 aliphatic heterocycles. The van der Waals surface area contributed by atoms with Crippen LogP contribution in [0.3, 0.4) is 0 Å². The zero-order valence-electron chi connectivity index (χ0n) is 12.6. The van der Waals surface area contributed by atoms with Gasteiger partial charge >= 0.3 is 0 Å². The highest BCUT2D eigenvalue weighted by molar-refractivity contribution is 6.39. The second-order valence-electron chi connectivity index (χ2n) is 5.47. The summed E-state index contributed by atoms with van der Waals surface area (Å²) in [5.41, 5.74) is 1.33. The molecule has 0 unspecified atom stereocenters. The van der Waals surface area contributed by atoms with Crippen LogP contribution in [0.15, 0.2) is 48.8 Å². The van der Waals surface area contributed by atoms with E-state index in [4.69, 9.17) is 23.2 Å². The molecule has 2 aromatic carbocycles. The molecule has 3 rings (SSSR count). The van der Waals surface area contributed by atoms with E-state index in [9.17, 15) is 0 Å². The monoisotopic (exact) mass is 333 g/mol. The number of nitrogens with zero attached hydrogens (tertiary/aromatic N) is 2. The lowest BCUT2D eigenvalue weighted by molar-refractivity contribution is -0.694. The van der Waals surface area contributed by atoms with Crippen molar-refractivity contribution in [3.05, 3.63) is 64.7 Å². The van der Waals surface area contributed by atoms with Crippen molar-refractivity contribution < 1.29 is 4.57 Å². The molecule has 4 heteroatoms. The Morgan fingerprint density at radius 1 is 1.05 bits per heavy atom. The normalized spacial score (nSPS) is 11.2. The average molecular weight is 334 g/mol. The van der Waals surface area contributed by atoms with Gasteiger partial charge in [-0.3, -0.25) is 0 Å². The van der Waals surface area contributed by atoms with E-state index in [0.717, 1.165) is 25.9 Å². The molecule has 0 radical (unpaired) electrons. The first kappa shape index (κ1) is 15.4. The minimum atomic E-state index is 0.621. The van der Waals surface area contributed by atoms with E-state index < -0.39 is 0 Å². The molecule has 1 aromatic heterocycles. The minimum absolute atomic E-state index is 0.621. The van der Waals surface area contributed by atoms with Crippen LogP contribution < -0.4 is 4.57 Å². The summed E-state index contributed by atoms with van der Waals surface area (Å²) in [5, 5.41) is 3.83. The first-order valence-electron chi connectivity index (χ1n) is 7.61. The number of imidazole rings is 1. The highest BCUT2D eigenvalue weighted by atomic mass is 35.5. The maximum absolute atomic E-state index is 6.34. The van der Waals surface area contributed by atoms with Crippen LogP contribution in [0.5, 0.6) is 0 Å². The van der Waals surface area contributed by atoms with E-state index in [1.54, 1.807) is 0 Å². The summed E-state index contributed by atoms with van der Waals surface area (Å²) in [5.74, 6) is 0. The second-order valence-corrected chi connectivity index (χ2v) is 6.19. The second kappa shape index (κ2) is 6.72. The van der Waals surface area contributed by atoms with Crippen molar-refractivity contribution in [3.8, 4) is 0 Å². The van der Waals surface area contributed by atoms with Crippen LogP contribution in [0, 0.1) is 0 Å². The predicted molar refractivity (Wildman–Crippen MR) is 92.6 cm³/mol. The van der Waals surface area contributed by atoms with Crippen LogP contribution in [0.25, 0.3) is 10.8 Å². The summed E-state index contributed by atoms with van der Waals surface area (Å²) < 4.78 is 4.04. The number of hydrogen-bond acceptors (Lipinski definition) is 0. The summed E-state index contributed by atoms with van der Waals surface area (Å²) in [4.78, 5) is 0. The third-order valence-corrected chi connectivity index (χ3v) is 4.81. The average Bonchev–Trinajstić information content (AvgIpc) is 2.81. The van der Waals surface area contributed by atoms with E-state index in [0.29, 0.717) is 10.3 Å². The van der Waals surface area contributed by atoms with Gasteiger partial charge in [-0.25, -0.2) is 9.13 Å². The lowest BCUT2D eigenvalue weighted by Gasteiger charge is -2.05. The van der Waals surface area contributed by atoms with Crippen LogP contribution in [-0.4, -0.2) is 4.57 Å². The van der Waals surface area contributed by atoms with Gasteiger partial charge in [0.2, 0.25) is 6.33 Å². The molecule has 0 aliphatic rings. The molecule has 3 aromatic rings. The molecule has 22 heavy (non-hydrogen) atoms. The molecular formula is C18H19Cl2N2+. The van der Waals surface area contributed by atoms with Crippen molar-refractivity contribution in [2.75, 3.05) is 0 Å². The maximum atomic E-state index is 6.34. The summed E-state index contributed by atoms with van der Waals surface area (Å²) in [6.45, 7) is 3.84. The SMILES string of the molecule is CCC[n+]1cn(CCc2cccc3ccccc23)c(Cl)c1Cl. The number of halogens is 2. The highest BCUT2D eigenvalue weighted by Gasteiger charge is 2.19. The lowest BCUT2D eigenvalue weighted by atomic mass is 10.0. The van der Waals surface area contributed by atoms with Crippen LogP contribution in [-0.2, 0) is 19.5 Å². The van der Waals surface area contributed by atoms with Gasteiger partial charge in [0.1, 0.15) is 0 Å². The molecule has 0 fully saturated rings. The molecule has 0 atom stereocenters. The largest absolute Gasteiger partial charge is 0.255 e. The Morgan fingerprint density at radius 2 is 1.82 bits per heavy atom. The number of aromatic nitrogens is 2. The van der Waals surface area contributed by atoms with Crippen LogP contribution in [0.1, 0.15) is 18.9 Å². The Morgan fingerprint density at radius 3 is 2.64 bits per heavy atom. The lowest BCUT2D eigenvalue weighted by Crippen LogP contribution is -2.32. The van der Waals surface area contributed by atoms with Crippen molar-refractivity contribution in [2.24, 2.45) is 0 Å². The molecule has 0 aliphatic carbocycles.